The maximum atomic E-state index is 13.4. The molecule has 0 aliphatic rings. The number of carbonyl (C=O) groups is 1. The first-order valence-electron chi connectivity index (χ1n) is 5.71. The van der Waals surface area contributed by atoms with Crippen molar-refractivity contribution in [3.8, 4) is 0 Å². The van der Waals surface area contributed by atoms with Crippen LogP contribution in [0.25, 0.3) is 0 Å². The standard InChI is InChI=1S/C13H13FN4O/c1-9(19)18-13-6-10(2-3-12(13)14)17-8-11-7-15-4-5-16-11/h2-7,17H,8H2,1H3,(H,18,19). The van der Waals surface area contributed by atoms with E-state index in [0.717, 1.165) is 5.69 Å². The Hall–Kier alpha value is -2.50. The Balaban J connectivity index is 2.06. The summed E-state index contributed by atoms with van der Waals surface area (Å²) in [6.45, 7) is 1.80. The minimum atomic E-state index is -0.472. The van der Waals surface area contributed by atoms with Crippen molar-refractivity contribution in [2.24, 2.45) is 0 Å². The van der Waals surface area contributed by atoms with Crippen LogP contribution in [0.1, 0.15) is 12.6 Å². The van der Waals surface area contributed by atoms with E-state index in [2.05, 4.69) is 20.6 Å². The summed E-state index contributed by atoms with van der Waals surface area (Å²) >= 11 is 0. The number of anilines is 2. The molecule has 0 spiro atoms. The zero-order chi connectivity index (χ0) is 13.7. The Morgan fingerprint density at radius 2 is 2.21 bits per heavy atom. The molecule has 0 bridgehead atoms. The number of aromatic nitrogens is 2. The van der Waals surface area contributed by atoms with Gasteiger partial charge in [-0.2, -0.15) is 0 Å². The number of hydrogen-bond acceptors (Lipinski definition) is 4. The minimum Gasteiger partial charge on any atom is -0.379 e. The largest absolute Gasteiger partial charge is 0.379 e. The number of halogens is 1. The molecule has 2 N–H and O–H groups in total. The molecule has 0 aliphatic carbocycles. The van der Waals surface area contributed by atoms with Gasteiger partial charge >= 0.3 is 0 Å². The van der Waals surface area contributed by atoms with Crippen LogP contribution >= 0.6 is 0 Å². The molecular formula is C13H13FN4O. The van der Waals surface area contributed by atoms with E-state index >= 15 is 0 Å². The molecule has 0 fully saturated rings. The van der Waals surface area contributed by atoms with Crippen LogP contribution in [0.2, 0.25) is 0 Å². The highest BCUT2D eigenvalue weighted by Crippen LogP contribution is 2.19. The van der Waals surface area contributed by atoms with E-state index in [-0.39, 0.29) is 11.6 Å². The third-order valence-electron chi connectivity index (χ3n) is 2.37. The molecule has 0 unspecified atom stereocenters. The van der Waals surface area contributed by atoms with Crippen molar-refractivity contribution in [3.63, 3.8) is 0 Å². The van der Waals surface area contributed by atoms with E-state index in [0.29, 0.717) is 12.2 Å². The number of hydrogen-bond donors (Lipinski definition) is 2. The van der Waals surface area contributed by atoms with Crippen molar-refractivity contribution >= 4 is 17.3 Å². The molecule has 1 amide bonds. The zero-order valence-electron chi connectivity index (χ0n) is 10.4. The molecule has 2 aromatic rings. The van der Waals surface area contributed by atoms with Crippen LogP contribution in [-0.2, 0) is 11.3 Å². The van der Waals surface area contributed by atoms with Gasteiger partial charge in [-0.05, 0) is 18.2 Å². The molecule has 0 saturated heterocycles. The van der Waals surface area contributed by atoms with Crippen molar-refractivity contribution in [2.75, 3.05) is 10.6 Å². The van der Waals surface area contributed by atoms with Crippen molar-refractivity contribution < 1.29 is 9.18 Å². The number of rotatable bonds is 4. The fourth-order valence-electron chi connectivity index (χ4n) is 1.53. The van der Waals surface area contributed by atoms with Gasteiger partial charge in [-0.1, -0.05) is 0 Å². The maximum Gasteiger partial charge on any atom is 0.221 e. The smallest absolute Gasteiger partial charge is 0.221 e. The second-order valence-electron chi connectivity index (χ2n) is 3.93. The Morgan fingerprint density at radius 1 is 1.37 bits per heavy atom. The predicted molar refractivity (Wildman–Crippen MR) is 70.1 cm³/mol. The molecule has 1 heterocycles. The monoisotopic (exact) mass is 260 g/mol. The van der Waals surface area contributed by atoms with E-state index in [9.17, 15) is 9.18 Å². The quantitative estimate of drug-likeness (QED) is 0.884. The van der Waals surface area contributed by atoms with Crippen molar-refractivity contribution in [1.29, 1.82) is 0 Å². The van der Waals surface area contributed by atoms with Crippen molar-refractivity contribution in [2.45, 2.75) is 13.5 Å². The lowest BCUT2D eigenvalue weighted by Gasteiger charge is -2.09. The first-order chi connectivity index (χ1) is 9.15. The number of benzene rings is 1. The second kappa shape index (κ2) is 5.90. The molecule has 0 saturated carbocycles. The molecule has 0 radical (unpaired) electrons. The van der Waals surface area contributed by atoms with Crippen LogP contribution in [0.3, 0.4) is 0 Å². The summed E-state index contributed by atoms with van der Waals surface area (Å²) < 4.78 is 13.4. The summed E-state index contributed by atoms with van der Waals surface area (Å²) in [6, 6.07) is 4.42. The summed E-state index contributed by atoms with van der Waals surface area (Å²) in [6.07, 6.45) is 4.84. The van der Waals surface area contributed by atoms with Crippen LogP contribution < -0.4 is 10.6 Å². The molecule has 0 aliphatic heterocycles. The van der Waals surface area contributed by atoms with Gasteiger partial charge < -0.3 is 10.6 Å². The average molecular weight is 260 g/mol. The van der Waals surface area contributed by atoms with Gasteiger partial charge in [-0.15, -0.1) is 0 Å². The molecule has 0 atom stereocenters. The highest BCUT2D eigenvalue weighted by molar-refractivity contribution is 5.89. The molecule has 1 aromatic carbocycles. The lowest BCUT2D eigenvalue weighted by molar-refractivity contribution is -0.114. The van der Waals surface area contributed by atoms with Gasteiger partial charge in [0.1, 0.15) is 5.82 Å². The maximum absolute atomic E-state index is 13.4. The zero-order valence-corrected chi connectivity index (χ0v) is 10.4. The van der Waals surface area contributed by atoms with Gasteiger partial charge in [0, 0.05) is 25.0 Å². The summed E-state index contributed by atoms with van der Waals surface area (Å²) in [5.41, 5.74) is 1.61. The lowest BCUT2D eigenvalue weighted by atomic mass is 10.2. The molecule has 6 heteroatoms. The Morgan fingerprint density at radius 3 is 2.89 bits per heavy atom. The SMILES string of the molecule is CC(=O)Nc1cc(NCc2cnccn2)ccc1F. The molecule has 5 nitrogen and oxygen atoms in total. The fraction of sp³-hybridized carbons (Fsp3) is 0.154. The Labute approximate surface area is 109 Å². The topological polar surface area (TPSA) is 66.9 Å². The van der Waals surface area contributed by atoms with Gasteiger partial charge in [0.2, 0.25) is 5.91 Å². The fourth-order valence-corrected chi connectivity index (χ4v) is 1.53. The lowest BCUT2D eigenvalue weighted by Crippen LogP contribution is -2.08. The number of nitrogens with one attached hydrogen (secondary N) is 2. The van der Waals surface area contributed by atoms with Crippen molar-refractivity contribution in [3.05, 3.63) is 48.3 Å². The van der Waals surface area contributed by atoms with E-state index in [1.165, 1.54) is 19.1 Å². The van der Waals surface area contributed by atoms with Gasteiger partial charge in [0.15, 0.2) is 0 Å². The van der Waals surface area contributed by atoms with Gasteiger partial charge in [0.05, 0.1) is 24.1 Å². The third-order valence-corrected chi connectivity index (χ3v) is 2.37. The molecule has 2 rings (SSSR count). The van der Waals surface area contributed by atoms with Crippen LogP contribution in [0.5, 0.6) is 0 Å². The van der Waals surface area contributed by atoms with Gasteiger partial charge in [-0.3, -0.25) is 14.8 Å². The molecular weight excluding hydrogens is 247 g/mol. The summed E-state index contributed by atoms with van der Waals surface area (Å²) in [4.78, 5) is 19.0. The van der Waals surface area contributed by atoms with E-state index < -0.39 is 5.82 Å². The number of nitrogens with zero attached hydrogens (tertiary/aromatic N) is 2. The van der Waals surface area contributed by atoms with E-state index in [1.54, 1.807) is 24.7 Å². The average Bonchev–Trinajstić information content (AvgIpc) is 2.40. The van der Waals surface area contributed by atoms with Crippen LogP contribution in [0.15, 0.2) is 36.8 Å². The Bertz CT molecular complexity index is 574. The van der Waals surface area contributed by atoms with Crippen LogP contribution in [-0.4, -0.2) is 15.9 Å². The van der Waals surface area contributed by atoms with Crippen molar-refractivity contribution in [1.82, 2.24) is 9.97 Å². The summed E-state index contributed by atoms with van der Waals surface area (Å²) in [5.74, 6) is -0.787. The Kier molecular flexibility index (Phi) is 4.02. The van der Waals surface area contributed by atoms with Gasteiger partial charge in [-0.25, -0.2) is 4.39 Å². The highest BCUT2D eigenvalue weighted by Gasteiger charge is 2.05. The van der Waals surface area contributed by atoms with E-state index in [4.69, 9.17) is 0 Å². The van der Waals surface area contributed by atoms with E-state index in [1.807, 2.05) is 0 Å². The first kappa shape index (κ1) is 12.9. The summed E-state index contributed by atoms with van der Waals surface area (Å²) in [7, 11) is 0. The van der Waals surface area contributed by atoms with Gasteiger partial charge in [0.25, 0.3) is 0 Å². The second-order valence-corrected chi connectivity index (χ2v) is 3.93. The third kappa shape index (κ3) is 3.74. The molecule has 19 heavy (non-hydrogen) atoms. The van der Waals surface area contributed by atoms with Crippen LogP contribution in [0.4, 0.5) is 15.8 Å². The van der Waals surface area contributed by atoms with Crippen LogP contribution in [0, 0.1) is 5.82 Å². The highest BCUT2D eigenvalue weighted by atomic mass is 19.1. The minimum absolute atomic E-state index is 0.150. The number of amides is 1. The summed E-state index contributed by atoms with van der Waals surface area (Å²) in [5, 5.41) is 5.51. The molecule has 98 valence electrons. The number of carbonyl (C=O) groups excluding carboxylic acids is 1. The molecule has 1 aromatic heterocycles. The normalized spacial score (nSPS) is 10.0. The first-order valence-corrected chi connectivity index (χ1v) is 5.71. The predicted octanol–water partition coefficient (Wildman–Crippen LogP) is 2.19.